The van der Waals surface area contributed by atoms with Gasteiger partial charge in [0.05, 0.1) is 6.61 Å². The number of nitrogens with one attached hydrogen (secondary N) is 4. The highest BCUT2D eigenvalue weighted by molar-refractivity contribution is 5.95. The Morgan fingerprint density at radius 3 is 2.24 bits per heavy atom. The van der Waals surface area contributed by atoms with Gasteiger partial charge in [0.15, 0.2) is 0 Å². The summed E-state index contributed by atoms with van der Waals surface area (Å²) in [5, 5.41) is 35.8. The molecule has 13 nitrogen and oxygen atoms in total. The van der Waals surface area contributed by atoms with Gasteiger partial charge < -0.3 is 42.0 Å². The van der Waals surface area contributed by atoms with E-state index in [1.807, 2.05) is 24.3 Å². The lowest BCUT2D eigenvalue weighted by Crippen LogP contribution is -2.59. The molecule has 2 aromatic rings. The van der Waals surface area contributed by atoms with Crippen LogP contribution in [0.25, 0.3) is 10.9 Å². The van der Waals surface area contributed by atoms with E-state index >= 15 is 0 Å². The van der Waals surface area contributed by atoms with Gasteiger partial charge in [0.25, 0.3) is 0 Å². The molecule has 38 heavy (non-hydrogen) atoms. The molecule has 0 fully saturated rings. The van der Waals surface area contributed by atoms with Crippen LogP contribution in [-0.4, -0.2) is 80.7 Å². The number of hydrogen-bond donors (Lipinski definition) is 8. The maximum Gasteiger partial charge on any atom is 0.326 e. The molecule has 0 saturated heterocycles. The Labute approximate surface area is 219 Å². The second kappa shape index (κ2) is 14.1. The van der Waals surface area contributed by atoms with Crippen LogP contribution in [-0.2, 0) is 30.4 Å². The molecular formula is C25H35N5O8. The zero-order chi connectivity index (χ0) is 28.4. The molecule has 2 rings (SSSR count). The molecule has 0 spiro atoms. The summed E-state index contributed by atoms with van der Waals surface area (Å²) in [5.74, 6) is -5.33. The Bertz CT molecular complexity index is 1150. The van der Waals surface area contributed by atoms with Gasteiger partial charge in [-0.1, -0.05) is 38.5 Å². The van der Waals surface area contributed by atoms with Gasteiger partial charge in [-0.05, 0) is 24.0 Å². The van der Waals surface area contributed by atoms with Crippen LogP contribution >= 0.6 is 0 Å². The summed E-state index contributed by atoms with van der Waals surface area (Å²) in [7, 11) is 0. The predicted molar refractivity (Wildman–Crippen MR) is 137 cm³/mol. The summed E-state index contributed by atoms with van der Waals surface area (Å²) >= 11 is 0. The standard InChI is InChI=1S/C25H35N5O8/c1-3-13(2)21(24(36)28-18(25(37)38)8-9-20(32)33)30-23(35)19(29-22(34)16(26)12-31)10-14-11-27-17-7-5-4-6-15(14)17/h4-7,11,13,16,18-19,21,27,31H,3,8-10,12,26H2,1-2H3,(H,28,36)(H,29,34)(H,30,35)(H,32,33)(H,37,38). The molecule has 0 saturated carbocycles. The molecule has 1 heterocycles. The van der Waals surface area contributed by atoms with Crippen LogP contribution in [0, 0.1) is 5.92 Å². The lowest BCUT2D eigenvalue weighted by Gasteiger charge is -2.28. The molecule has 208 valence electrons. The lowest BCUT2D eigenvalue weighted by molar-refractivity contribution is -0.143. The maximum atomic E-state index is 13.4. The van der Waals surface area contributed by atoms with E-state index in [9.17, 15) is 34.2 Å². The SMILES string of the molecule is CCC(C)C(NC(=O)C(Cc1c[nH]c2ccccc12)NC(=O)C(N)CO)C(=O)NC(CCC(=O)O)C(=O)O. The summed E-state index contributed by atoms with van der Waals surface area (Å²) in [5.41, 5.74) is 7.15. The molecule has 3 amide bonds. The maximum absolute atomic E-state index is 13.4. The number of aliphatic carboxylic acids is 2. The second-order valence-corrected chi connectivity index (χ2v) is 9.12. The van der Waals surface area contributed by atoms with Gasteiger partial charge in [0, 0.05) is 29.9 Å². The van der Waals surface area contributed by atoms with Gasteiger partial charge in [0.2, 0.25) is 17.7 Å². The fourth-order valence-corrected chi connectivity index (χ4v) is 3.83. The number of hydrogen-bond acceptors (Lipinski definition) is 7. The van der Waals surface area contributed by atoms with Crippen molar-refractivity contribution in [3.05, 3.63) is 36.0 Å². The summed E-state index contributed by atoms with van der Waals surface area (Å²) in [6.45, 7) is 2.83. The first-order valence-corrected chi connectivity index (χ1v) is 12.3. The zero-order valence-corrected chi connectivity index (χ0v) is 21.3. The quantitative estimate of drug-likeness (QED) is 0.147. The number of H-pyrrole nitrogens is 1. The van der Waals surface area contributed by atoms with Gasteiger partial charge in [0.1, 0.15) is 24.2 Å². The fraction of sp³-hybridized carbons (Fsp3) is 0.480. The molecule has 13 heteroatoms. The third-order valence-electron chi connectivity index (χ3n) is 6.32. The molecule has 5 unspecified atom stereocenters. The molecule has 5 atom stereocenters. The number of amides is 3. The van der Waals surface area contributed by atoms with Gasteiger partial charge in [-0.15, -0.1) is 0 Å². The average Bonchev–Trinajstić information content (AvgIpc) is 3.30. The lowest BCUT2D eigenvalue weighted by atomic mass is 9.96. The van der Waals surface area contributed by atoms with Crippen molar-refractivity contribution in [2.75, 3.05) is 6.61 Å². The topological polar surface area (TPSA) is 224 Å². The van der Waals surface area contributed by atoms with Crippen molar-refractivity contribution in [3.8, 4) is 0 Å². The number of aromatic amines is 1. The largest absolute Gasteiger partial charge is 0.481 e. The highest BCUT2D eigenvalue weighted by Crippen LogP contribution is 2.19. The number of benzene rings is 1. The number of aliphatic hydroxyl groups is 1. The van der Waals surface area contributed by atoms with E-state index in [4.69, 9.17) is 10.8 Å². The van der Waals surface area contributed by atoms with E-state index in [1.54, 1.807) is 20.0 Å². The van der Waals surface area contributed by atoms with Crippen molar-refractivity contribution in [3.63, 3.8) is 0 Å². The molecule has 0 aliphatic heterocycles. The van der Waals surface area contributed by atoms with Crippen LogP contribution in [0.2, 0.25) is 0 Å². The van der Waals surface area contributed by atoms with Crippen LogP contribution in [0.4, 0.5) is 0 Å². The monoisotopic (exact) mass is 533 g/mol. The van der Waals surface area contributed by atoms with Crippen LogP contribution in [0.3, 0.4) is 0 Å². The van der Waals surface area contributed by atoms with Crippen LogP contribution < -0.4 is 21.7 Å². The van der Waals surface area contributed by atoms with Crippen molar-refractivity contribution < 1.29 is 39.3 Å². The molecule has 0 aliphatic rings. The van der Waals surface area contributed by atoms with Gasteiger partial charge in [-0.2, -0.15) is 0 Å². The van der Waals surface area contributed by atoms with E-state index < -0.39 is 72.8 Å². The number of aliphatic hydroxyl groups excluding tert-OH is 1. The third kappa shape index (κ3) is 8.28. The van der Waals surface area contributed by atoms with E-state index in [2.05, 4.69) is 20.9 Å². The molecule has 9 N–H and O–H groups in total. The van der Waals surface area contributed by atoms with Crippen molar-refractivity contribution in [1.29, 1.82) is 0 Å². The Hall–Kier alpha value is -3.97. The van der Waals surface area contributed by atoms with Gasteiger partial charge in [-0.3, -0.25) is 19.2 Å². The second-order valence-electron chi connectivity index (χ2n) is 9.12. The minimum atomic E-state index is -1.47. The summed E-state index contributed by atoms with van der Waals surface area (Å²) in [6.07, 6.45) is 1.37. The predicted octanol–water partition coefficient (Wildman–Crippen LogP) is -0.520. The zero-order valence-electron chi connectivity index (χ0n) is 21.3. The number of carboxylic acid groups (broad SMARTS) is 2. The summed E-state index contributed by atoms with van der Waals surface area (Å²) in [4.78, 5) is 64.4. The third-order valence-corrected chi connectivity index (χ3v) is 6.32. The highest BCUT2D eigenvalue weighted by atomic mass is 16.4. The number of rotatable bonds is 15. The number of aromatic nitrogens is 1. The fourth-order valence-electron chi connectivity index (χ4n) is 3.83. The first-order chi connectivity index (χ1) is 18.0. The van der Waals surface area contributed by atoms with E-state index in [0.717, 1.165) is 10.9 Å². The van der Waals surface area contributed by atoms with E-state index in [1.165, 1.54) is 0 Å². The molecular weight excluding hydrogens is 498 g/mol. The minimum absolute atomic E-state index is 0.0327. The molecule has 0 radical (unpaired) electrons. The van der Waals surface area contributed by atoms with Crippen LogP contribution in [0.1, 0.15) is 38.7 Å². The van der Waals surface area contributed by atoms with Crippen LogP contribution in [0.15, 0.2) is 30.5 Å². The normalized spacial score (nSPS) is 15.1. The van der Waals surface area contributed by atoms with Crippen molar-refractivity contribution in [1.82, 2.24) is 20.9 Å². The Morgan fingerprint density at radius 2 is 1.63 bits per heavy atom. The number of carbonyl (C=O) groups is 5. The average molecular weight is 534 g/mol. The summed E-state index contributed by atoms with van der Waals surface area (Å²) in [6, 6.07) is 2.26. The smallest absolute Gasteiger partial charge is 0.326 e. The Kier molecular flexibility index (Phi) is 11.2. The summed E-state index contributed by atoms with van der Waals surface area (Å²) < 4.78 is 0. The number of carbonyl (C=O) groups excluding carboxylic acids is 3. The first kappa shape index (κ1) is 30.3. The molecule has 0 bridgehead atoms. The van der Waals surface area contributed by atoms with E-state index in [0.29, 0.717) is 12.0 Å². The number of fused-ring (bicyclic) bond motifs is 1. The van der Waals surface area contributed by atoms with Gasteiger partial charge in [-0.25, -0.2) is 4.79 Å². The number of nitrogens with two attached hydrogens (primary N) is 1. The van der Waals surface area contributed by atoms with Crippen molar-refractivity contribution in [2.24, 2.45) is 11.7 Å². The first-order valence-electron chi connectivity index (χ1n) is 12.3. The van der Waals surface area contributed by atoms with Crippen molar-refractivity contribution in [2.45, 2.75) is 63.7 Å². The van der Waals surface area contributed by atoms with Crippen LogP contribution in [0.5, 0.6) is 0 Å². The van der Waals surface area contributed by atoms with E-state index in [-0.39, 0.29) is 12.8 Å². The van der Waals surface area contributed by atoms with Crippen molar-refractivity contribution >= 4 is 40.6 Å². The Balaban J connectivity index is 2.29. The highest BCUT2D eigenvalue weighted by Gasteiger charge is 2.33. The molecule has 1 aromatic carbocycles. The number of carboxylic acids is 2. The molecule has 0 aliphatic carbocycles. The van der Waals surface area contributed by atoms with Gasteiger partial charge >= 0.3 is 11.9 Å². The minimum Gasteiger partial charge on any atom is -0.481 e. The molecule has 1 aromatic heterocycles. The number of para-hydroxylation sites is 1. The Morgan fingerprint density at radius 1 is 0.974 bits per heavy atom.